The largest absolute Gasteiger partial charge is 0.383 e. The van der Waals surface area contributed by atoms with Gasteiger partial charge < -0.3 is 10.1 Å². The first kappa shape index (κ1) is 13.1. The maximum atomic E-state index is 13.0. The summed E-state index contributed by atoms with van der Waals surface area (Å²) in [4.78, 5) is 0. The first-order valence-corrected chi connectivity index (χ1v) is 5.73. The molecule has 0 heterocycles. The van der Waals surface area contributed by atoms with Gasteiger partial charge in [0, 0.05) is 13.2 Å². The van der Waals surface area contributed by atoms with E-state index in [0.717, 1.165) is 24.9 Å². The zero-order chi connectivity index (χ0) is 11.8. The highest BCUT2D eigenvalue weighted by molar-refractivity contribution is 5.17. The van der Waals surface area contributed by atoms with Crippen molar-refractivity contribution >= 4 is 0 Å². The fourth-order valence-electron chi connectivity index (χ4n) is 1.69. The SMILES string of the molecule is CCCNC(COC)Cc1cccc(F)c1. The standard InChI is InChI=1S/C13H20FNO/c1-3-7-15-13(10-16-2)9-11-5-4-6-12(14)8-11/h4-6,8,13,15H,3,7,9-10H2,1-2H3. The van der Waals surface area contributed by atoms with Crippen LogP contribution in [0.15, 0.2) is 24.3 Å². The monoisotopic (exact) mass is 225 g/mol. The topological polar surface area (TPSA) is 21.3 Å². The van der Waals surface area contributed by atoms with E-state index in [-0.39, 0.29) is 11.9 Å². The van der Waals surface area contributed by atoms with Gasteiger partial charge in [-0.05, 0) is 37.1 Å². The zero-order valence-corrected chi connectivity index (χ0v) is 10.0. The van der Waals surface area contributed by atoms with Gasteiger partial charge in [0.05, 0.1) is 6.61 Å². The van der Waals surface area contributed by atoms with Gasteiger partial charge in [-0.15, -0.1) is 0 Å². The Balaban J connectivity index is 2.52. The quantitative estimate of drug-likeness (QED) is 0.769. The molecule has 2 nitrogen and oxygen atoms in total. The Morgan fingerprint density at radius 3 is 2.88 bits per heavy atom. The fraction of sp³-hybridized carbons (Fsp3) is 0.538. The van der Waals surface area contributed by atoms with Gasteiger partial charge in [-0.25, -0.2) is 4.39 Å². The van der Waals surface area contributed by atoms with Crippen LogP contribution in [0.3, 0.4) is 0 Å². The van der Waals surface area contributed by atoms with E-state index in [9.17, 15) is 4.39 Å². The highest BCUT2D eigenvalue weighted by Gasteiger charge is 2.08. The van der Waals surface area contributed by atoms with Crippen LogP contribution < -0.4 is 5.32 Å². The van der Waals surface area contributed by atoms with Gasteiger partial charge >= 0.3 is 0 Å². The summed E-state index contributed by atoms with van der Waals surface area (Å²) in [5.74, 6) is -0.177. The number of nitrogens with one attached hydrogen (secondary N) is 1. The third-order valence-electron chi connectivity index (χ3n) is 2.42. The van der Waals surface area contributed by atoms with Crippen LogP contribution >= 0.6 is 0 Å². The summed E-state index contributed by atoms with van der Waals surface area (Å²) >= 11 is 0. The molecule has 0 aromatic heterocycles. The van der Waals surface area contributed by atoms with Gasteiger partial charge in [0.2, 0.25) is 0 Å². The highest BCUT2D eigenvalue weighted by Crippen LogP contribution is 2.06. The third-order valence-corrected chi connectivity index (χ3v) is 2.42. The second-order valence-electron chi connectivity index (χ2n) is 3.94. The minimum absolute atomic E-state index is 0.177. The number of halogens is 1. The molecule has 1 aromatic carbocycles. The molecule has 0 saturated heterocycles. The van der Waals surface area contributed by atoms with Gasteiger partial charge in [0.15, 0.2) is 0 Å². The predicted molar refractivity (Wildman–Crippen MR) is 64.1 cm³/mol. The van der Waals surface area contributed by atoms with E-state index in [1.54, 1.807) is 19.2 Å². The molecule has 0 aliphatic carbocycles. The molecule has 90 valence electrons. The number of hydrogen-bond acceptors (Lipinski definition) is 2. The number of hydrogen-bond donors (Lipinski definition) is 1. The molecule has 3 heteroatoms. The number of rotatable bonds is 7. The number of ether oxygens (including phenoxy) is 1. The molecule has 1 aromatic rings. The molecule has 0 aliphatic heterocycles. The lowest BCUT2D eigenvalue weighted by molar-refractivity contribution is 0.166. The summed E-state index contributed by atoms with van der Waals surface area (Å²) < 4.78 is 18.2. The molecule has 1 rings (SSSR count). The number of methoxy groups -OCH3 is 1. The van der Waals surface area contributed by atoms with Gasteiger partial charge in [-0.3, -0.25) is 0 Å². The number of benzene rings is 1. The van der Waals surface area contributed by atoms with Crippen molar-refractivity contribution in [3.63, 3.8) is 0 Å². The van der Waals surface area contributed by atoms with E-state index >= 15 is 0 Å². The summed E-state index contributed by atoms with van der Waals surface area (Å²) in [6.07, 6.45) is 1.88. The van der Waals surface area contributed by atoms with Gasteiger partial charge in [0.25, 0.3) is 0 Å². The second-order valence-corrected chi connectivity index (χ2v) is 3.94. The van der Waals surface area contributed by atoms with Crippen LogP contribution in [0.25, 0.3) is 0 Å². The lowest BCUT2D eigenvalue weighted by Gasteiger charge is -2.17. The van der Waals surface area contributed by atoms with Crippen LogP contribution in [-0.2, 0) is 11.2 Å². The highest BCUT2D eigenvalue weighted by atomic mass is 19.1. The van der Waals surface area contributed by atoms with Crippen molar-refractivity contribution in [1.29, 1.82) is 0 Å². The maximum Gasteiger partial charge on any atom is 0.123 e. The summed E-state index contributed by atoms with van der Waals surface area (Å²) in [5, 5.41) is 3.39. The van der Waals surface area contributed by atoms with Crippen LogP contribution in [0, 0.1) is 5.82 Å². The molecule has 0 amide bonds. The summed E-state index contributed by atoms with van der Waals surface area (Å²) in [6.45, 7) is 3.74. The van der Waals surface area contributed by atoms with E-state index in [4.69, 9.17) is 4.74 Å². The normalized spacial score (nSPS) is 12.7. The molecule has 0 radical (unpaired) electrons. The average molecular weight is 225 g/mol. The second kappa shape index (κ2) is 7.36. The van der Waals surface area contributed by atoms with Crippen molar-refractivity contribution in [3.05, 3.63) is 35.6 Å². The fourth-order valence-corrected chi connectivity index (χ4v) is 1.69. The van der Waals surface area contributed by atoms with Crippen LogP contribution in [-0.4, -0.2) is 26.3 Å². The Kier molecular flexibility index (Phi) is 6.04. The summed E-state index contributed by atoms with van der Waals surface area (Å²) in [5.41, 5.74) is 1.01. The van der Waals surface area contributed by atoms with Gasteiger partial charge in [-0.2, -0.15) is 0 Å². The average Bonchev–Trinajstić information content (AvgIpc) is 2.26. The third kappa shape index (κ3) is 4.73. The van der Waals surface area contributed by atoms with E-state index in [1.807, 2.05) is 6.07 Å². The summed E-state index contributed by atoms with van der Waals surface area (Å²) in [6, 6.07) is 6.99. The molecule has 0 spiro atoms. The van der Waals surface area contributed by atoms with Crippen LogP contribution in [0.4, 0.5) is 4.39 Å². The van der Waals surface area contributed by atoms with Crippen molar-refractivity contribution < 1.29 is 9.13 Å². The zero-order valence-electron chi connectivity index (χ0n) is 10.0. The molecular formula is C13H20FNO. The van der Waals surface area contributed by atoms with Gasteiger partial charge in [-0.1, -0.05) is 19.1 Å². The maximum absolute atomic E-state index is 13.0. The molecule has 1 unspecified atom stereocenters. The van der Waals surface area contributed by atoms with E-state index in [2.05, 4.69) is 12.2 Å². The minimum Gasteiger partial charge on any atom is -0.383 e. The molecular weight excluding hydrogens is 205 g/mol. The molecule has 0 saturated carbocycles. The Hall–Kier alpha value is -0.930. The van der Waals surface area contributed by atoms with Crippen LogP contribution in [0.2, 0.25) is 0 Å². The molecule has 0 fully saturated rings. The smallest absolute Gasteiger partial charge is 0.123 e. The van der Waals surface area contributed by atoms with E-state index < -0.39 is 0 Å². The molecule has 0 bridgehead atoms. The Bertz CT molecular complexity index is 304. The Morgan fingerprint density at radius 1 is 1.44 bits per heavy atom. The van der Waals surface area contributed by atoms with Crippen molar-refractivity contribution in [3.8, 4) is 0 Å². The Labute approximate surface area is 96.8 Å². The molecule has 1 N–H and O–H groups in total. The first-order valence-electron chi connectivity index (χ1n) is 5.73. The molecule has 0 aliphatic rings. The van der Waals surface area contributed by atoms with Crippen molar-refractivity contribution in [2.75, 3.05) is 20.3 Å². The summed E-state index contributed by atoms with van der Waals surface area (Å²) in [7, 11) is 1.69. The van der Waals surface area contributed by atoms with Crippen molar-refractivity contribution in [1.82, 2.24) is 5.32 Å². The van der Waals surface area contributed by atoms with Gasteiger partial charge in [0.1, 0.15) is 5.82 Å². The molecule has 1 atom stereocenters. The van der Waals surface area contributed by atoms with Crippen LogP contribution in [0.5, 0.6) is 0 Å². The lowest BCUT2D eigenvalue weighted by atomic mass is 10.1. The van der Waals surface area contributed by atoms with E-state index in [0.29, 0.717) is 6.61 Å². The minimum atomic E-state index is -0.177. The van der Waals surface area contributed by atoms with E-state index in [1.165, 1.54) is 6.07 Å². The van der Waals surface area contributed by atoms with Crippen LogP contribution in [0.1, 0.15) is 18.9 Å². The first-order chi connectivity index (χ1) is 7.76. The lowest BCUT2D eigenvalue weighted by Crippen LogP contribution is -2.35. The molecule has 16 heavy (non-hydrogen) atoms. The predicted octanol–water partition coefficient (Wildman–Crippen LogP) is 2.38. The van der Waals surface area contributed by atoms with Crippen molar-refractivity contribution in [2.24, 2.45) is 0 Å². The van der Waals surface area contributed by atoms with Crippen molar-refractivity contribution in [2.45, 2.75) is 25.8 Å². The Morgan fingerprint density at radius 2 is 2.25 bits per heavy atom.